The topological polar surface area (TPSA) is 75.4 Å². The molecule has 0 unspecified atom stereocenters. The number of amides is 1. The molecule has 2 atom stereocenters. The molecule has 0 radical (unpaired) electrons. The Morgan fingerprint density at radius 3 is 2.96 bits per heavy atom. The van der Waals surface area contributed by atoms with E-state index in [1.165, 1.54) is 11.3 Å². The highest BCUT2D eigenvalue weighted by molar-refractivity contribution is 7.21. The van der Waals surface area contributed by atoms with Crippen LogP contribution in [0.2, 0.25) is 0 Å². The van der Waals surface area contributed by atoms with Gasteiger partial charge >= 0.3 is 0 Å². The third-order valence-corrected chi connectivity index (χ3v) is 5.11. The number of hydrogen-bond donors (Lipinski definition) is 2. The molecule has 1 aliphatic rings. The molecule has 4 rings (SSSR count). The Morgan fingerprint density at radius 2 is 2.17 bits per heavy atom. The van der Waals surface area contributed by atoms with Gasteiger partial charge in [-0.3, -0.25) is 4.79 Å². The van der Waals surface area contributed by atoms with Crippen molar-refractivity contribution < 1.29 is 14.3 Å². The van der Waals surface area contributed by atoms with Gasteiger partial charge in [-0.15, -0.1) is 11.3 Å². The third-order valence-electron chi connectivity index (χ3n) is 4.06. The highest BCUT2D eigenvalue weighted by Gasteiger charge is 2.22. The normalized spacial score (nSPS) is 19.9. The van der Waals surface area contributed by atoms with Crippen LogP contribution in [-0.2, 0) is 0 Å². The molecule has 122 valence electrons. The first-order chi connectivity index (χ1) is 11.7. The maximum absolute atomic E-state index is 12.3. The Kier molecular flexibility index (Phi) is 3.92. The maximum Gasteiger partial charge on any atom is 0.287 e. The van der Waals surface area contributed by atoms with E-state index < -0.39 is 0 Å². The van der Waals surface area contributed by atoms with Crippen molar-refractivity contribution in [2.24, 2.45) is 5.92 Å². The zero-order valence-corrected chi connectivity index (χ0v) is 13.6. The van der Waals surface area contributed by atoms with Gasteiger partial charge in [-0.2, -0.15) is 0 Å². The Balaban J connectivity index is 1.50. The van der Waals surface area contributed by atoms with Gasteiger partial charge in [0, 0.05) is 18.6 Å². The van der Waals surface area contributed by atoms with Gasteiger partial charge in [-0.05, 0) is 30.7 Å². The average Bonchev–Trinajstić information content (AvgIpc) is 3.32. The van der Waals surface area contributed by atoms with Crippen LogP contribution in [0.25, 0.3) is 21.0 Å². The number of aliphatic hydroxyl groups excluding tert-OH is 1. The molecule has 0 aliphatic heterocycles. The number of fused-ring (bicyclic) bond motifs is 1. The van der Waals surface area contributed by atoms with E-state index in [1.807, 2.05) is 36.4 Å². The fourth-order valence-corrected chi connectivity index (χ4v) is 3.74. The van der Waals surface area contributed by atoms with Crippen LogP contribution in [0.5, 0.6) is 0 Å². The van der Waals surface area contributed by atoms with E-state index in [0.717, 1.165) is 15.2 Å². The minimum atomic E-state index is -0.254. The minimum absolute atomic E-state index is 0.0642. The number of thiazole rings is 1. The van der Waals surface area contributed by atoms with Crippen molar-refractivity contribution in [1.82, 2.24) is 10.3 Å². The van der Waals surface area contributed by atoms with E-state index in [4.69, 9.17) is 9.52 Å². The summed E-state index contributed by atoms with van der Waals surface area (Å²) < 4.78 is 6.77. The summed E-state index contributed by atoms with van der Waals surface area (Å²) in [6, 6.07) is 11.3. The molecular weight excluding hydrogens is 324 g/mol. The lowest BCUT2D eigenvalue weighted by molar-refractivity contribution is 0.0914. The first kappa shape index (κ1) is 15.1. The second-order valence-corrected chi connectivity index (χ2v) is 6.82. The maximum atomic E-state index is 12.3. The number of carbonyl (C=O) groups excluding carboxylic acids is 1. The summed E-state index contributed by atoms with van der Waals surface area (Å²) in [6.45, 7) is 0.103. The van der Waals surface area contributed by atoms with Crippen molar-refractivity contribution in [2.75, 3.05) is 6.61 Å². The number of benzene rings is 1. The fourth-order valence-electron chi connectivity index (χ4n) is 2.81. The molecule has 2 heterocycles. The molecule has 2 aromatic heterocycles. The fraction of sp³-hybridized carbons (Fsp3) is 0.222. The summed E-state index contributed by atoms with van der Waals surface area (Å²) in [5.41, 5.74) is 0.922. The molecule has 0 spiro atoms. The van der Waals surface area contributed by atoms with E-state index >= 15 is 0 Å². The minimum Gasteiger partial charge on any atom is -0.448 e. The molecule has 0 bridgehead atoms. The lowest BCUT2D eigenvalue weighted by Crippen LogP contribution is -2.32. The van der Waals surface area contributed by atoms with Crippen LogP contribution >= 0.6 is 11.3 Å². The van der Waals surface area contributed by atoms with E-state index in [9.17, 15) is 4.79 Å². The summed E-state index contributed by atoms with van der Waals surface area (Å²) in [6.07, 6.45) is 4.56. The van der Waals surface area contributed by atoms with Gasteiger partial charge in [-0.25, -0.2) is 4.98 Å². The largest absolute Gasteiger partial charge is 0.448 e. The predicted molar refractivity (Wildman–Crippen MR) is 92.9 cm³/mol. The summed E-state index contributed by atoms with van der Waals surface area (Å²) in [7, 11) is 0. The second-order valence-electron chi connectivity index (χ2n) is 5.79. The number of aromatic nitrogens is 1. The number of hydrogen-bond acceptors (Lipinski definition) is 5. The Bertz CT molecular complexity index is 879. The highest BCUT2D eigenvalue weighted by atomic mass is 32.1. The molecule has 3 aromatic rings. The first-order valence-corrected chi connectivity index (χ1v) is 8.60. The Hall–Kier alpha value is -2.44. The highest BCUT2D eigenvalue weighted by Crippen LogP contribution is 2.31. The molecule has 1 aromatic carbocycles. The molecule has 6 heteroatoms. The number of para-hydroxylation sites is 1. The number of rotatable bonds is 4. The van der Waals surface area contributed by atoms with E-state index in [0.29, 0.717) is 12.2 Å². The monoisotopic (exact) mass is 340 g/mol. The van der Waals surface area contributed by atoms with Gasteiger partial charge in [0.15, 0.2) is 16.5 Å². The quantitative estimate of drug-likeness (QED) is 0.715. The zero-order valence-electron chi connectivity index (χ0n) is 12.8. The Morgan fingerprint density at radius 1 is 1.29 bits per heavy atom. The van der Waals surface area contributed by atoms with Gasteiger partial charge in [0.05, 0.1) is 10.2 Å². The lowest BCUT2D eigenvalue weighted by Gasteiger charge is -2.11. The van der Waals surface area contributed by atoms with Crippen LogP contribution in [-0.4, -0.2) is 28.6 Å². The van der Waals surface area contributed by atoms with Crippen molar-refractivity contribution in [3.63, 3.8) is 0 Å². The number of nitrogens with zero attached hydrogens (tertiary/aromatic N) is 1. The van der Waals surface area contributed by atoms with Crippen molar-refractivity contribution in [3.8, 4) is 10.8 Å². The van der Waals surface area contributed by atoms with Gasteiger partial charge in [0.25, 0.3) is 5.91 Å². The van der Waals surface area contributed by atoms with Crippen molar-refractivity contribution in [2.45, 2.75) is 12.5 Å². The number of furan rings is 1. The molecule has 1 amide bonds. The van der Waals surface area contributed by atoms with Crippen molar-refractivity contribution in [1.29, 1.82) is 0 Å². The van der Waals surface area contributed by atoms with Crippen LogP contribution in [0.15, 0.2) is 53.0 Å². The third kappa shape index (κ3) is 2.86. The lowest BCUT2D eigenvalue weighted by atomic mass is 10.1. The van der Waals surface area contributed by atoms with Crippen LogP contribution < -0.4 is 5.32 Å². The van der Waals surface area contributed by atoms with Gasteiger partial charge in [0.2, 0.25) is 0 Å². The number of aliphatic hydroxyl groups is 1. The van der Waals surface area contributed by atoms with Gasteiger partial charge in [-0.1, -0.05) is 24.3 Å². The first-order valence-electron chi connectivity index (χ1n) is 7.79. The molecule has 0 saturated carbocycles. The molecular formula is C18H16N2O3S. The van der Waals surface area contributed by atoms with E-state index in [2.05, 4.69) is 10.3 Å². The number of nitrogens with one attached hydrogen (secondary N) is 1. The second kappa shape index (κ2) is 6.22. The number of carbonyl (C=O) groups is 1. The van der Waals surface area contributed by atoms with Crippen molar-refractivity contribution in [3.05, 3.63) is 54.3 Å². The molecule has 5 nitrogen and oxygen atoms in total. The van der Waals surface area contributed by atoms with E-state index in [1.54, 1.807) is 12.1 Å². The van der Waals surface area contributed by atoms with E-state index in [-0.39, 0.29) is 30.2 Å². The van der Waals surface area contributed by atoms with Crippen LogP contribution in [0.1, 0.15) is 17.0 Å². The molecule has 2 N–H and O–H groups in total. The standard InChI is InChI=1S/C18H16N2O3S/c21-10-11-5-6-12(9-11)19-17(22)14-7-8-15(23-14)18-20-13-3-1-2-4-16(13)24-18/h1-8,11-12,21H,9-10H2,(H,19,22)/t11-,12+/m0/s1. The predicted octanol–water partition coefficient (Wildman–Crippen LogP) is 3.22. The smallest absolute Gasteiger partial charge is 0.287 e. The van der Waals surface area contributed by atoms with Crippen LogP contribution in [0, 0.1) is 5.92 Å². The van der Waals surface area contributed by atoms with Crippen LogP contribution in [0.3, 0.4) is 0 Å². The molecule has 0 saturated heterocycles. The SMILES string of the molecule is O=C(N[C@@H]1C=C[C@H](CO)C1)c1ccc(-c2nc3ccccc3s2)o1. The Labute approximate surface area is 142 Å². The molecule has 0 fully saturated rings. The van der Waals surface area contributed by atoms with Gasteiger partial charge in [0.1, 0.15) is 0 Å². The summed E-state index contributed by atoms with van der Waals surface area (Å²) in [5, 5.41) is 12.8. The molecule has 1 aliphatic carbocycles. The summed E-state index contributed by atoms with van der Waals surface area (Å²) in [4.78, 5) is 16.8. The average molecular weight is 340 g/mol. The molecule has 24 heavy (non-hydrogen) atoms. The van der Waals surface area contributed by atoms with Gasteiger partial charge < -0.3 is 14.8 Å². The summed E-state index contributed by atoms with van der Waals surface area (Å²) >= 11 is 1.54. The zero-order chi connectivity index (χ0) is 16.5. The summed E-state index contributed by atoms with van der Waals surface area (Å²) in [5.74, 6) is 0.725. The van der Waals surface area contributed by atoms with Crippen molar-refractivity contribution >= 4 is 27.5 Å². The van der Waals surface area contributed by atoms with Crippen LogP contribution in [0.4, 0.5) is 0 Å².